The molecule has 0 saturated carbocycles. The van der Waals surface area contributed by atoms with Crippen LogP contribution in [0.5, 0.6) is 0 Å². The number of hydrogen-bond acceptors (Lipinski definition) is 4. The molecular formula is C31H35N3O3S. The molecule has 38 heavy (non-hydrogen) atoms. The van der Waals surface area contributed by atoms with Gasteiger partial charge in [-0.3, -0.25) is 9.59 Å². The predicted octanol–water partition coefficient (Wildman–Crippen LogP) is 5.61. The largest absolute Gasteiger partial charge is 0.368 e. The van der Waals surface area contributed by atoms with E-state index < -0.39 is 35.9 Å². The summed E-state index contributed by atoms with van der Waals surface area (Å²) >= 11 is 1.36. The van der Waals surface area contributed by atoms with Gasteiger partial charge in [-0.15, -0.1) is 11.3 Å². The van der Waals surface area contributed by atoms with E-state index >= 15 is 0 Å². The van der Waals surface area contributed by atoms with Crippen LogP contribution in [-0.4, -0.2) is 41.2 Å². The van der Waals surface area contributed by atoms with E-state index in [1.165, 1.54) is 16.2 Å². The highest BCUT2D eigenvalue weighted by Gasteiger charge is 2.55. The van der Waals surface area contributed by atoms with Crippen LogP contribution in [0.4, 0.5) is 4.79 Å². The molecule has 1 saturated heterocycles. The summed E-state index contributed by atoms with van der Waals surface area (Å²) in [4.78, 5) is 42.7. The zero-order valence-corrected chi connectivity index (χ0v) is 23.1. The van der Waals surface area contributed by atoms with Crippen molar-refractivity contribution in [1.82, 2.24) is 10.2 Å². The second-order valence-electron chi connectivity index (χ2n) is 10.6. The number of primary amides is 1. The first-order chi connectivity index (χ1) is 18.1. The summed E-state index contributed by atoms with van der Waals surface area (Å²) in [5.41, 5.74) is 8.82. The van der Waals surface area contributed by atoms with Crippen LogP contribution in [0.1, 0.15) is 60.0 Å². The standard InChI is InChI=1S/C31H35N3O3S/c1-5-33-30(37)34-23(18-13-20-10-7-6-8-11-20)26(28(35)24-12-9-19-38-24)25(27(34)29(32)36)21-14-16-22(17-15-21)31(2,3)4/h6-19,23,25-27H,5H2,1-4H3,(H2,32,36)(H,33,37). The molecule has 6 nitrogen and oxygen atoms in total. The first-order valence-electron chi connectivity index (χ1n) is 12.9. The number of hydrogen-bond donors (Lipinski definition) is 2. The molecule has 3 aromatic rings. The third-order valence-corrected chi connectivity index (χ3v) is 7.97. The fourth-order valence-electron chi connectivity index (χ4n) is 5.24. The molecule has 1 aliphatic heterocycles. The molecule has 3 N–H and O–H groups in total. The minimum atomic E-state index is -0.999. The maximum Gasteiger partial charge on any atom is 0.318 e. The second kappa shape index (κ2) is 11.4. The summed E-state index contributed by atoms with van der Waals surface area (Å²) in [6.45, 7) is 8.60. The minimum absolute atomic E-state index is 0.0580. The highest BCUT2D eigenvalue weighted by Crippen LogP contribution is 2.45. The van der Waals surface area contributed by atoms with Gasteiger partial charge in [0, 0.05) is 12.5 Å². The van der Waals surface area contributed by atoms with Gasteiger partial charge in [-0.25, -0.2) is 4.79 Å². The van der Waals surface area contributed by atoms with Crippen molar-refractivity contribution in [3.8, 4) is 0 Å². The van der Waals surface area contributed by atoms with Crippen molar-refractivity contribution in [1.29, 1.82) is 0 Å². The molecule has 1 aromatic heterocycles. The van der Waals surface area contributed by atoms with Gasteiger partial charge in [0.05, 0.1) is 16.8 Å². The van der Waals surface area contributed by atoms with Crippen LogP contribution in [0.3, 0.4) is 0 Å². The van der Waals surface area contributed by atoms with Crippen molar-refractivity contribution in [2.45, 2.75) is 51.1 Å². The van der Waals surface area contributed by atoms with Gasteiger partial charge in [-0.1, -0.05) is 93.6 Å². The average molecular weight is 530 g/mol. The molecule has 0 aliphatic carbocycles. The Morgan fingerprint density at radius 2 is 1.68 bits per heavy atom. The van der Waals surface area contributed by atoms with E-state index in [0.717, 1.165) is 16.7 Å². The Morgan fingerprint density at radius 3 is 2.24 bits per heavy atom. The summed E-state index contributed by atoms with van der Waals surface area (Å²) in [5.74, 6) is -2.05. The summed E-state index contributed by atoms with van der Waals surface area (Å²) in [6, 6.07) is 19.2. The van der Waals surface area contributed by atoms with Crippen LogP contribution in [-0.2, 0) is 10.2 Å². The zero-order valence-electron chi connectivity index (χ0n) is 22.3. The molecule has 0 bridgehead atoms. The van der Waals surface area contributed by atoms with Gasteiger partial charge < -0.3 is 16.0 Å². The fraction of sp³-hybridized carbons (Fsp3) is 0.323. The quantitative estimate of drug-likeness (QED) is 0.390. The number of Topliss-reactive ketones (excluding diaryl/α,β-unsaturated/α-hetero) is 1. The topological polar surface area (TPSA) is 92.5 Å². The Kier molecular flexibility index (Phi) is 8.17. The summed E-state index contributed by atoms with van der Waals surface area (Å²) in [7, 11) is 0. The summed E-state index contributed by atoms with van der Waals surface area (Å²) in [5, 5.41) is 4.69. The van der Waals surface area contributed by atoms with Gasteiger partial charge in [0.2, 0.25) is 5.91 Å². The van der Waals surface area contributed by atoms with E-state index in [-0.39, 0.29) is 11.2 Å². The Bertz CT molecular complexity index is 1290. The number of nitrogens with zero attached hydrogens (tertiary/aromatic N) is 1. The number of nitrogens with two attached hydrogens (primary N) is 1. The maximum absolute atomic E-state index is 14.1. The van der Waals surface area contributed by atoms with Gasteiger partial charge in [0.25, 0.3) is 0 Å². The Balaban J connectivity index is 1.90. The molecule has 4 atom stereocenters. The molecular weight excluding hydrogens is 494 g/mol. The van der Waals surface area contributed by atoms with Crippen molar-refractivity contribution >= 4 is 35.1 Å². The van der Waals surface area contributed by atoms with Gasteiger partial charge in [-0.05, 0) is 40.5 Å². The molecule has 2 heterocycles. The number of carbonyl (C=O) groups excluding carboxylic acids is 3. The Hall–Kier alpha value is -3.71. The third-order valence-electron chi connectivity index (χ3n) is 7.08. The molecule has 198 valence electrons. The Labute approximate surface area is 228 Å². The van der Waals surface area contributed by atoms with Crippen LogP contribution < -0.4 is 11.1 Å². The highest BCUT2D eigenvalue weighted by molar-refractivity contribution is 7.12. The Morgan fingerprint density at radius 1 is 1.00 bits per heavy atom. The first kappa shape index (κ1) is 27.3. The SMILES string of the molecule is CCNC(=O)N1C(C=Cc2ccccc2)C(C(=O)c2cccs2)C(c2ccc(C(C)(C)C)cc2)C1C(N)=O. The van der Waals surface area contributed by atoms with Crippen molar-refractivity contribution in [3.05, 3.63) is 99.8 Å². The number of nitrogens with one attached hydrogen (secondary N) is 1. The van der Waals surface area contributed by atoms with E-state index in [1.54, 1.807) is 6.07 Å². The molecule has 0 radical (unpaired) electrons. The van der Waals surface area contributed by atoms with E-state index in [9.17, 15) is 14.4 Å². The van der Waals surface area contributed by atoms with Gasteiger partial charge in [-0.2, -0.15) is 0 Å². The molecule has 4 rings (SSSR count). The van der Waals surface area contributed by atoms with E-state index in [2.05, 4.69) is 26.1 Å². The lowest BCUT2D eigenvalue weighted by Crippen LogP contribution is -2.52. The lowest BCUT2D eigenvalue weighted by atomic mass is 9.77. The monoisotopic (exact) mass is 529 g/mol. The van der Waals surface area contributed by atoms with Crippen LogP contribution in [0, 0.1) is 5.92 Å². The van der Waals surface area contributed by atoms with Crippen molar-refractivity contribution in [2.24, 2.45) is 11.7 Å². The lowest BCUT2D eigenvalue weighted by molar-refractivity contribution is -0.122. The number of thiophene rings is 1. The van der Waals surface area contributed by atoms with Crippen LogP contribution >= 0.6 is 11.3 Å². The zero-order chi connectivity index (χ0) is 27.4. The van der Waals surface area contributed by atoms with Crippen molar-refractivity contribution in [3.63, 3.8) is 0 Å². The smallest absolute Gasteiger partial charge is 0.318 e. The number of benzene rings is 2. The van der Waals surface area contributed by atoms with Crippen LogP contribution in [0.25, 0.3) is 6.08 Å². The average Bonchev–Trinajstić information content (AvgIpc) is 3.54. The highest BCUT2D eigenvalue weighted by atomic mass is 32.1. The molecule has 2 aromatic carbocycles. The van der Waals surface area contributed by atoms with Crippen LogP contribution in [0.15, 0.2) is 78.2 Å². The van der Waals surface area contributed by atoms with E-state index in [4.69, 9.17) is 5.73 Å². The molecule has 1 fully saturated rings. The number of urea groups is 1. The molecule has 4 unspecified atom stereocenters. The second-order valence-corrected chi connectivity index (χ2v) is 11.6. The van der Waals surface area contributed by atoms with E-state index in [0.29, 0.717) is 11.4 Å². The molecule has 3 amide bonds. The third kappa shape index (κ3) is 5.58. The fourth-order valence-corrected chi connectivity index (χ4v) is 5.95. The van der Waals surface area contributed by atoms with Crippen molar-refractivity contribution < 1.29 is 14.4 Å². The van der Waals surface area contributed by atoms with E-state index in [1.807, 2.05) is 85.1 Å². The van der Waals surface area contributed by atoms with Gasteiger partial charge in [0.1, 0.15) is 6.04 Å². The number of rotatable bonds is 7. The number of carbonyl (C=O) groups is 3. The summed E-state index contributed by atoms with van der Waals surface area (Å²) in [6.07, 6.45) is 3.76. The van der Waals surface area contributed by atoms with Gasteiger partial charge in [0.15, 0.2) is 5.78 Å². The normalized spacial score (nSPS) is 21.5. The predicted molar refractivity (Wildman–Crippen MR) is 153 cm³/mol. The lowest BCUT2D eigenvalue weighted by Gasteiger charge is -2.29. The first-order valence-corrected chi connectivity index (χ1v) is 13.8. The number of amides is 3. The maximum atomic E-state index is 14.1. The number of ketones is 1. The summed E-state index contributed by atoms with van der Waals surface area (Å²) < 4.78 is 0. The molecule has 7 heteroatoms. The molecule has 0 spiro atoms. The molecule has 1 aliphatic rings. The van der Waals surface area contributed by atoms with Crippen molar-refractivity contribution in [2.75, 3.05) is 6.54 Å². The van der Waals surface area contributed by atoms with Gasteiger partial charge >= 0.3 is 6.03 Å². The number of likely N-dealkylation sites (tertiary alicyclic amines) is 1. The minimum Gasteiger partial charge on any atom is -0.368 e. The van der Waals surface area contributed by atoms with Crippen LogP contribution in [0.2, 0.25) is 0 Å².